The molecular weight excluding hydrogens is 438 g/mol. The Morgan fingerprint density at radius 3 is 2.57 bits per heavy atom. The quantitative estimate of drug-likeness (QED) is 0.425. The lowest BCUT2D eigenvalue weighted by Crippen LogP contribution is -2.64. The lowest BCUT2D eigenvalue weighted by molar-refractivity contribution is -0.261. The van der Waals surface area contributed by atoms with E-state index in [-0.39, 0.29) is 17.9 Å². The highest BCUT2D eigenvalue weighted by Gasteiger charge is 2.55. The van der Waals surface area contributed by atoms with E-state index in [1.165, 1.54) is 0 Å². The molecule has 178 valence electrons. The molecule has 3 aromatic carbocycles. The molecule has 3 heterocycles. The third kappa shape index (κ3) is 2.62. The second-order valence-corrected chi connectivity index (χ2v) is 10.5. The fourth-order valence-electron chi connectivity index (χ4n) is 7.12. The maximum absolute atomic E-state index is 13.4. The first kappa shape index (κ1) is 21.1. The molecule has 3 N–H and O–H groups in total. The van der Waals surface area contributed by atoms with E-state index in [9.17, 15) is 4.79 Å². The van der Waals surface area contributed by atoms with Gasteiger partial charge in [0.25, 0.3) is 0 Å². The number of carbonyl (C=O) groups excluding carboxylic acids is 1. The summed E-state index contributed by atoms with van der Waals surface area (Å²) in [6.45, 7) is 4.14. The zero-order chi connectivity index (χ0) is 24.1. The summed E-state index contributed by atoms with van der Waals surface area (Å²) in [7, 11) is 1.71. The number of hydrogen-bond donors (Lipinski definition) is 2. The van der Waals surface area contributed by atoms with Gasteiger partial charge in [-0.25, -0.2) is 0 Å². The van der Waals surface area contributed by atoms with Crippen LogP contribution >= 0.6 is 0 Å². The molecule has 4 atom stereocenters. The molecule has 1 aromatic heterocycles. The number of benzene rings is 3. The van der Waals surface area contributed by atoms with Gasteiger partial charge in [0.2, 0.25) is 0 Å². The molecule has 2 bridgehead atoms. The maximum atomic E-state index is 13.4. The maximum Gasteiger partial charge on any atom is 0.173 e. The molecule has 0 saturated carbocycles. The lowest BCUT2D eigenvalue weighted by atomic mass is 9.88. The van der Waals surface area contributed by atoms with Gasteiger partial charge in [-0.2, -0.15) is 0 Å². The van der Waals surface area contributed by atoms with E-state index in [4.69, 9.17) is 15.2 Å². The number of Topliss-reactive ketones (excluding diaryl/α,β-unsaturated/α-hetero) is 1. The molecule has 0 radical (unpaired) electrons. The fourth-order valence-corrected chi connectivity index (χ4v) is 7.12. The number of methoxy groups -OCH3 is 1. The summed E-state index contributed by atoms with van der Waals surface area (Å²) < 4.78 is 15.3. The summed E-state index contributed by atoms with van der Waals surface area (Å²) in [5.41, 5.74) is 12.2. The molecule has 6 heteroatoms. The smallest absolute Gasteiger partial charge is 0.173 e. The van der Waals surface area contributed by atoms with Crippen molar-refractivity contribution in [3.63, 3.8) is 0 Å². The van der Waals surface area contributed by atoms with Crippen molar-refractivity contribution < 1.29 is 14.3 Å². The highest BCUT2D eigenvalue weighted by Crippen LogP contribution is 2.54. The van der Waals surface area contributed by atoms with Crippen LogP contribution in [0.15, 0.2) is 54.6 Å². The number of ketones is 1. The minimum atomic E-state index is -0.856. The largest absolute Gasteiger partial charge is 0.375 e. The van der Waals surface area contributed by atoms with E-state index in [2.05, 4.69) is 60.1 Å². The number of para-hydroxylation sites is 1. The summed E-state index contributed by atoms with van der Waals surface area (Å²) >= 11 is 0. The van der Waals surface area contributed by atoms with Crippen LogP contribution in [0.2, 0.25) is 0 Å². The minimum absolute atomic E-state index is 0.201. The normalized spacial score (nSPS) is 29.3. The van der Waals surface area contributed by atoms with Crippen LogP contribution in [0.4, 0.5) is 5.69 Å². The first-order valence-electron chi connectivity index (χ1n) is 12.3. The third-order valence-electron chi connectivity index (χ3n) is 8.22. The molecular formula is C29H29N3O3. The van der Waals surface area contributed by atoms with E-state index in [1.54, 1.807) is 7.11 Å². The van der Waals surface area contributed by atoms with Crippen molar-refractivity contribution in [2.24, 2.45) is 5.73 Å². The zero-order valence-corrected chi connectivity index (χ0v) is 20.2. The van der Waals surface area contributed by atoms with E-state index < -0.39 is 11.4 Å². The monoisotopic (exact) mass is 467 g/mol. The average molecular weight is 468 g/mol. The Morgan fingerprint density at radius 1 is 1.06 bits per heavy atom. The number of nitrogens with two attached hydrogens (primary N) is 1. The highest BCUT2D eigenvalue weighted by atomic mass is 16.6. The highest BCUT2D eigenvalue weighted by molar-refractivity contribution is 6.23. The number of nitrogens with zero attached hydrogens (tertiary/aromatic N) is 1. The number of aryl methyl sites for hydroxylation is 1. The van der Waals surface area contributed by atoms with Crippen LogP contribution in [-0.2, 0) is 21.6 Å². The number of rotatable bonds is 2. The van der Waals surface area contributed by atoms with Crippen molar-refractivity contribution >= 4 is 33.3 Å². The first-order chi connectivity index (χ1) is 16.9. The Balaban J connectivity index is 1.75. The van der Waals surface area contributed by atoms with Gasteiger partial charge in [-0.05, 0) is 37.5 Å². The van der Waals surface area contributed by atoms with Gasteiger partial charge < -0.3 is 25.1 Å². The molecule has 0 spiro atoms. The van der Waals surface area contributed by atoms with E-state index in [0.29, 0.717) is 12.8 Å². The summed E-state index contributed by atoms with van der Waals surface area (Å²) in [5.74, 6) is 0.201. The van der Waals surface area contributed by atoms with Crippen molar-refractivity contribution in [1.29, 1.82) is 0 Å². The molecule has 4 aromatic rings. The number of anilines is 1. The standard InChI is InChI=1S/C29H29N3O3/c1-28-15-19(30)27(34-3)29(2,35-28)32-20-12-8-7-11-17(20)23-18-13-14-21(33)24(18)22(25(31-28)26(23)32)16-9-5-4-6-10-16/h4-12,19,27,31H,13-15,30H2,1-3H3/t19-,27-,28?,29?/m0/s1. The summed E-state index contributed by atoms with van der Waals surface area (Å²) in [5, 5.41) is 6.04. The molecule has 35 heavy (non-hydrogen) atoms. The van der Waals surface area contributed by atoms with Crippen LogP contribution in [0.3, 0.4) is 0 Å². The second kappa shape index (κ2) is 6.94. The van der Waals surface area contributed by atoms with Crippen LogP contribution in [-0.4, -0.2) is 35.3 Å². The van der Waals surface area contributed by atoms with Gasteiger partial charge in [0.15, 0.2) is 11.5 Å². The average Bonchev–Trinajstić information content (AvgIpc) is 3.35. The van der Waals surface area contributed by atoms with Crippen molar-refractivity contribution in [1.82, 2.24) is 4.57 Å². The molecule has 0 amide bonds. The molecule has 2 unspecified atom stereocenters. The van der Waals surface area contributed by atoms with Crippen LogP contribution in [0, 0.1) is 0 Å². The van der Waals surface area contributed by atoms with Gasteiger partial charge in [-0.15, -0.1) is 0 Å². The summed E-state index contributed by atoms with van der Waals surface area (Å²) in [4.78, 5) is 13.4. The molecule has 1 saturated heterocycles. The number of hydrogen-bond acceptors (Lipinski definition) is 5. The molecule has 3 aliphatic rings. The molecule has 6 nitrogen and oxygen atoms in total. The van der Waals surface area contributed by atoms with Crippen molar-refractivity contribution in [3.8, 4) is 11.1 Å². The number of aromatic nitrogens is 1. The summed E-state index contributed by atoms with van der Waals surface area (Å²) in [6, 6.07) is 18.4. The Labute approximate surface area is 204 Å². The fraction of sp³-hybridized carbons (Fsp3) is 0.345. The number of nitrogens with one attached hydrogen (secondary N) is 1. The molecule has 2 aliphatic heterocycles. The number of carbonyl (C=O) groups is 1. The number of ether oxygens (including phenoxy) is 2. The third-order valence-corrected chi connectivity index (χ3v) is 8.22. The minimum Gasteiger partial charge on any atom is -0.375 e. The predicted molar refractivity (Wildman–Crippen MR) is 138 cm³/mol. The molecule has 1 aliphatic carbocycles. The first-order valence-corrected chi connectivity index (χ1v) is 12.3. The van der Waals surface area contributed by atoms with Gasteiger partial charge in [-0.1, -0.05) is 48.5 Å². The lowest BCUT2D eigenvalue weighted by Gasteiger charge is -2.51. The van der Waals surface area contributed by atoms with Crippen LogP contribution in [0.1, 0.15) is 42.6 Å². The topological polar surface area (TPSA) is 78.5 Å². The van der Waals surface area contributed by atoms with Crippen molar-refractivity contribution in [3.05, 3.63) is 65.7 Å². The number of fused-ring (bicyclic) bond motifs is 8. The van der Waals surface area contributed by atoms with Gasteiger partial charge in [0.05, 0.1) is 16.7 Å². The zero-order valence-electron chi connectivity index (χ0n) is 20.2. The van der Waals surface area contributed by atoms with Crippen LogP contribution in [0.5, 0.6) is 0 Å². The molecule has 7 rings (SSSR count). The Kier molecular flexibility index (Phi) is 4.19. The van der Waals surface area contributed by atoms with E-state index in [0.717, 1.165) is 56.2 Å². The van der Waals surface area contributed by atoms with Crippen LogP contribution < -0.4 is 11.1 Å². The summed E-state index contributed by atoms with van der Waals surface area (Å²) in [6.07, 6.45) is 1.49. The van der Waals surface area contributed by atoms with Gasteiger partial charge in [0, 0.05) is 47.9 Å². The second-order valence-electron chi connectivity index (χ2n) is 10.5. The SMILES string of the molecule is CO[C@H]1[C@@H](N)CC2(C)Nc3c(-c4ccccc4)c4c(c5c6ccccc6n(c35)C1(C)O2)CCC4=O. The van der Waals surface area contributed by atoms with Gasteiger partial charge in [-0.3, -0.25) is 4.79 Å². The Bertz CT molecular complexity index is 1540. The van der Waals surface area contributed by atoms with Crippen molar-refractivity contribution in [2.45, 2.75) is 56.7 Å². The van der Waals surface area contributed by atoms with Crippen LogP contribution in [0.25, 0.3) is 32.9 Å². The predicted octanol–water partition coefficient (Wildman–Crippen LogP) is 5.17. The molecule has 1 fully saturated rings. The Morgan fingerprint density at radius 2 is 1.80 bits per heavy atom. The van der Waals surface area contributed by atoms with E-state index >= 15 is 0 Å². The van der Waals surface area contributed by atoms with E-state index in [1.807, 2.05) is 18.2 Å². The Hall–Kier alpha value is -3.19. The van der Waals surface area contributed by atoms with Gasteiger partial charge >= 0.3 is 0 Å². The van der Waals surface area contributed by atoms with Crippen molar-refractivity contribution in [2.75, 3.05) is 12.4 Å². The van der Waals surface area contributed by atoms with Gasteiger partial charge in [0.1, 0.15) is 11.8 Å².